The van der Waals surface area contributed by atoms with Crippen LogP contribution in [0.5, 0.6) is 0 Å². The summed E-state index contributed by atoms with van der Waals surface area (Å²) in [5, 5.41) is 0.259. The Hall–Kier alpha value is -1.92. The van der Waals surface area contributed by atoms with Crippen molar-refractivity contribution in [2.24, 2.45) is 11.1 Å². The number of hydrogen-bond donors (Lipinski definition) is 1. The largest absolute Gasteiger partial charge is 0.396 e. The Labute approximate surface area is 156 Å². The molecule has 1 unspecified atom stereocenters. The highest BCUT2D eigenvalue weighted by Gasteiger charge is 2.47. The van der Waals surface area contributed by atoms with Crippen LogP contribution in [0.2, 0.25) is 5.02 Å². The van der Waals surface area contributed by atoms with E-state index in [1.165, 1.54) is 12.1 Å². The first kappa shape index (κ1) is 18.9. The van der Waals surface area contributed by atoms with Crippen molar-refractivity contribution in [3.8, 4) is 0 Å². The molecule has 0 aromatic heterocycles. The molecule has 1 heterocycles. The second-order valence-corrected chi connectivity index (χ2v) is 8.11. The number of halogens is 2. The molecule has 1 saturated heterocycles. The van der Waals surface area contributed by atoms with Gasteiger partial charge in [0.25, 0.3) is 0 Å². The number of morpholine rings is 1. The number of nitrogens with two attached hydrogens (primary N) is 1. The van der Waals surface area contributed by atoms with Gasteiger partial charge in [-0.2, -0.15) is 0 Å². The van der Waals surface area contributed by atoms with Crippen molar-refractivity contribution in [2.75, 3.05) is 19.7 Å². The monoisotopic (exact) mass is 380 g/mol. The second kappa shape index (κ2) is 6.67. The number of carbonyl (C=O) groups is 2. The Morgan fingerprint density at radius 1 is 1.38 bits per heavy atom. The smallest absolute Gasteiger partial charge is 0.227 e. The Morgan fingerprint density at radius 3 is 2.77 bits per heavy atom. The molecule has 1 aliphatic heterocycles. The van der Waals surface area contributed by atoms with Crippen LogP contribution in [0.4, 0.5) is 4.39 Å². The predicted molar refractivity (Wildman–Crippen MR) is 96.1 cm³/mol. The third-order valence-electron chi connectivity index (χ3n) is 4.88. The first-order valence-electron chi connectivity index (χ1n) is 8.50. The third-order valence-corrected chi connectivity index (χ3v) is 5.09. The first-order valence-corrected chi connectivity index (χ1v) is 8.88. The van der Waals surface area contributed by atoms with Crippen LogP contribution in [-0.4, -0.2) is 41.9 Å². The van der Waals surface area contributed by atoms with Gasteiger partial charge in [-0.05, 0) is 36.3 Å². The molecule has 0 bridgehead atoms. The van der Waals surface area contributed by atoms with Crippen LogP contribution in [0.3, 0.4) is 0 Å². The topological polar surface area (TPSA) is 72.6 Å². The van der Waals surface area contributed by atoms with Crippen LogP contribution in [0, 0.1) is 11.2 Å². The number of rotatable bonds is 2. The molecule has 1 spiro atoms. The van der Waals surface area contributed by atoms with E-state index in [-0.39, 0.29) is 28.8 Å². The van der Waals surface area contributed by atoms with E-state index >= 15 is 0 Å². The van der Waals surface area contributed by atoms with Crippen molar-refractivity contribution >= 4 is 23.3 Å². The fourth-order valence-corrected chi connectivity index (χ4v) is 4.08. The Bertz CT molecular complexity index is 773. The number of ketones is 1. The van der Waals surface area contributed by atoms with Crippen LogP contribution in [0.1, 0.15) is 25.8 Å². The number of ether oxygens (including phenoxy) is 1. The Balaban J connectivity index is 1.78. The van der Waals surface area contributed by atoms with Gasteiger partial charge in [-0.15, -0.1) is 0 Å². The molecule has 26 heavy (non-hydrogen) atoms. The molecule has 1 aliphatic carbocycles. The predicted octanol–water partition coefficient (Wildman–Crippen LogP) is 2.46. The molecule has 1 amide bonds. The molecule has 7 heteroatoms. The lowest BCUT2D eigenvalue weighted by Gasteiger charge is -2.46. The molecule has 1 aromatic rings. The highest BCUT2D eigenvalue weighted by Crippen LogP contribution is 2.40. The van der Waals surface area contributed by atoms with Crippen LogP contribution >= 0.6 is 11.6 Å². The standard InChI is InChI=1S/C19H22ClFN2O3/c1-18(2)10-19(9-15(22)17(18)25)11-23(3-4-26-19)16(24)7-12-5-13(20)8-14(21)6-12/h5-6,8-9H,3-4,7,10-11,22H2,1-2H3. The number of Topliss-reactive ketones (excluding diaryl/α,β-unsaturated/α-hetero) is 1. The van der Waals surface area contributed by atoms with Gasteiger partial charge in [-0.25, -0.2) is 4.39 Å². The number of carbonyl (C=O) groups excluding carboxylic acids is 2. The number of allylic oxidation sites excluding steroid dienone is 1. The zero-order chi connectivity index (χ0) is 19.1. The minimum atomic E-state index is -0.769. The average molecular weight is 381 g/mol. The van der Waals surface area contributed by atoms with Crippen molar-refractivity contribution in [3.05, 3.63) is 46.4 Å². The van der Waals surface area contributed by atoms with E-state index in [2.05, 4.69) is 0 Å². The van der Waals surface area contributed by atoms with Crippen molar-refractivity contribution < 1.29 is 18.7 Å². The summed E-state index contributed by atoms with van der Waals surface area (Å²) in [6.07, 6.45) is 2.14. The van der Waals surface area contributed by atoms with Gasteiger partial charge in [0.1, 0.15) is 11.4 Å². The van der Waals surface area contributed by atoms with Crippen molar-refractivity contribution in [2.45, 2.75) is 32.3 Å². The van der Waals surface area contributed by atoms with E-state index in [0.717, 1.165) is 0 Å². The molecule has 1 atom stereocenters. The summed E-state index contributed by atoms with van der Waals surface area (Å²) in [5.41, 5.74) is 5.19. The molecule has 0 radical (unpaired) electrons. The lowest BCUT2D eigenvalue weighted by Crippen LogP contribution is -2.57. The van der Waals surface area contributed by atoms with Gasteiger partial charge in [-0.3, -0.25) is 9.59 Å². The van der Waals surface area contributed by atoms with Gasteiger partial charge >= 0.3 is 0 Å². The minimum Gasteiger partial charge on any atom is -0.396 e. The molecule has 5 nitrogen and oxygen atoms in total. The SMILES string of the molecule is CC1(C)CC2(C=C(N)C1=O)CN(C(=O)Cc1cc(F)cc(Cl)c1)CCO2. The Kier molecular flexibility index (Phi) is 4.84. The van der Waals surface area contributed by atoms with Crippen LogP contribution in [0.15, 0.2) is 30.0 Å². The van der Waals surface area contributed by atoms with E-state index < -0.39 is 16.8 Å². The van der Waals surface area contributed by atoms with E-state index in [9.17, 15) is 14.0 Å². The summed E-state index contributed by atoms with van der Waals surface area (Å²) >= 11 is 5.86. The third kappa shape index (κ3) is 3.76. The van der Waals surface area contributed by atoms with Gasteiger partial charge in [0.15, 0.2) is 5.78 Å². The second-order valence-electron chi connectivity index (χ2n) is 7.67. The van der Waals surface area contributed by atoms with E-state index in [1.54, 1.807) is 17.0 Å². The lowest BCUT2D eigenvalue weighted by atomic mass is 9.71. The number of amides is 1. The number of benzene rings is 1. The van der Waals surface area contributed by atoms with E-state index in [4.69, 9.17) is 22.1 Å². The first-order chi connectivity index (χ1) is 12.1. The molecule has 1 fully saturated rings. The summed E-state index contributed by atoms with van der Waals surface area (Å²) in [6.45, 7) is 4.76. The molecule has 2 N–H and O–H groups in total. The van der Waals surface area contributed by atoms with Gasteiger partial charge < -0.3 is 15.4 Å². The molecule has 2 aliphatic rings. The zero-order valence-corrected chi connectivity index (χ0v) is 15.6. The van der Waals surface area contributed by atoms with Gasteiger partial charge in [-0.1, -0.05) is 25.4 Å². The highest BCUT2D eigenvalue weighted by atomic mass is 35.5. The minimum absolute atomic E-state index is 0.0507. The summed E-state index contributed by atoms with van der Waals surface area (Å²) in [5.74, 6) is -0.720. The van der Waals surface area contributed by atoms with Crippen molar-refractivity contribution in [3.63, 3.8) is 0 Å². The van der Waals surface area contributed by atoms with Gasteiger partial charge in [0.2, 0.25) is 5.91 Å². The Morgan fingerprint density at radius 2 is 2.12 bits per heavy atom. The fourth-order valence-electron chi connectivity index (χ4n) is 3.83. The number of nitrogens with zero attached hydrogens (tertiary/aromatic N) is 1. The van der Waals surface area contributed by atoms with Crippen LogP contribution < -0.4 is 5.73 Å². The maximum Gasteiger partial charge on any atom is 0.227 e. The van der Waals surface area contributed by atoms with E-state index in [0.29, 0.717) is 31.7 Å². The maximum absolute atomic E-state index is 13.5. The van der Waals surface area contributed by atoms with E-state index in [1.807, 2.05) is 13.8 Å². The normalized spacial score (nSPS) is 25.3. The lowest BCUT2D eigenvalue weighted by molar-refractivity contribution is -0.151. The summed E-state index contributed by atoms with van der Waals surface area (Å²) < 4.78 is 19.4. The van der Waals surface area contributed by atoms with Crippen LogP contribution in [0.25, 0.3) is 0 Å². The summed E-state index contributed by atoms with van der Waals surface area (Å²) in [4.78, 5) is 26.6. The summed E-state index contributed by atoms with van der Waals surface area (Å²) in [6, 6.07) is 4.09. The fraction of sp³-hybridized carbons (Fsp3) is 0.474. The number of hydrogen-bond acceptors (Lipinski definition) is 4. The highest BCUT2D eigenvalue weighted by molar-refractivity contribution is 6.30. The average Bonchev–Trinajstić information content (AvgIpc) is 2.51. The van der Waals surface area contributed by atoms with Crippen molar-refractivity contribution in [1.82, 2.24) is 4.90 Å². The molecular formula is C19H22ClFN2O3. The molecule has 1 aromatic carbocycles. The van der Waals surface area contributed by atoms with Gasteiger partial charge in [0, 0.05) is 17.0 Å². The molecule has 3 rings (SSSR count). The van der Waals surface area contributed by atoms with Gasteiger partial charge in [0.05, 0.1) is 25.3 Å². The quantitative estimate of drug-likeness (QED) is 0.855. The molecular weight excluding hydrogens is 359 g/mol. The molecule has 0 saturated carbocycles. The zero-order valence-electron chi connectivity index (χ0n) is 14.9. The maximum atomic E-state index is 13.5. The summed E-state index contributed by atoms with van der Waals surface area (Å²) in [7, 11) is 0. The van der Waals surface area contributed by atoms with Crippen molar-refractivity contribution in [1.29, 1.82) is 0 Å². The van der Waals surface area contributed by atoms with Crippen LogP contribution in [-0.2, 0) is 20.7 Å². The molecule has 140 valence electrons.